The average Bonchev–Trinajstić information content (AvgIpc) is 2.48. The predicted octanol–water partition coefficient (Wildman–Crippen LogP) is 2.66. The normalized spacial score (nSPS) is 10.3. The summed E-state index contributed by atoms with van der Waals surface area (Å²) in [4.78, 5) is 28.9. The van der Waals surface area contributed by atoms with Crippen molar-refractivity contribution in [1.29, 1.82) is 0 Å². The molecule has 0 N–H and O–H groups in total. The van der Waals surface area contributed by atoms with Crippen LogP contribution < -0.4 is 0 Å². The van der Waals surface area contributed by atoms with Crippen LogP contribution in [0.4, 0.5) is 0 Å². The first kappa shape index (κ1) is 17.6. The van der Waals surface area contributed by atoms with Crippen LogP contribution in [0.3, 0.4) is 0 Å². The minimum Gasteiger partial charge on any atom is -0.342 e. The minimum atomic E-state index is -0.107. The van der Waals surface area contributed by atoms with Gasteiger partial charge in [0, 0.05) is 30.6 Å². The molecule has 0 aliphatic carbocycles. The van der Waals surface area contributed by atoms with Crippen molar-refractivity contribution < 1.29 is 9.59 Å². The number of hydrogen-bond acceptors (Lipinski definition) is 3. The van der Waals surface area contributed by atoms with Crippen LogP contribution >= 0.6 is 11.8 Å². The number of aryl methyl sites for hydroxylation is 1. The number of thioether (sulfide) groups is 1. The van der Waals surface area contributed by atoms with E-state index in [4.69, 9.17) is 0 Å². The SMILES string of the molecule is CCN(CC)C(=O)CN(C)C(=O)c1cc(SC)ccc1C. The molecule has 0 aliphatic rings. The second kappa shape index (κ2) is 8.08. The van der Waals surface area contributed by atoms with E-state index in [1.54, 1.807) is 23.7 Å². The summed E-state index contributed by atoms with van der Waals surface area (Å²) in [7, 11) is 1.68. The topological polar surface area (TPSA) is 40.6 Å². The van der Waals surface area contributed by atoms with Crippen LogP contribution in [0, 0.1) is 6.92 Å². The van der Waals surface area contributed by atoms with Gasteiger partial charge < -0.3 is 9.80 Å². The standard InChI is InChI=1S/C16H24N2O2S/c1-6-18(7-2)15(19)11-17(4)16(20)14-10-13(21-5)9-8-12(14)3/h8-10H,6-7,11H2,1-5H3. The molecule has 0 fully saturated rings. The Balaban J connectivity index is 2.85. The summed E-state index contributed by atoms with van der Waals surface area (Å²) in [5.74, 6) is -0.126. The van der Waals surface area contributed by atoms with E-state index in [0.717, 1.165) is 10.5 Å². The van der Waals surface area contributed by atoms with Crippen LogP contribution in [-0.4, -0.2) is 54.6 Å². The van der Waals surface area contributed by atoms with E-state index in [0.29, 0.717) is 18.7 Å². The minimum absolute atomic E-state index is 0.0190. The smallest absolute Gasteiger partial charge is 0.254 e. The fourth-order valence-corrected chi connectivity index (χ4v) is 2.55. The van der Waals surface area contributed by atoms with Crippen molar-refractivity contribution in [2.75, 3.05) is 32.9 Å². The fraction of sp³-hybridized carbons (Fsp3) is 0.500. The van der Waals surface area contributed by atoms with Gasteiger partial charge in [-0.2, -0.15) is 0 Å². The number of carbonyl (C=O) groups is 2. The summed E-state index contributed by atoms with van der Waals surface area (Å²) in [6.45, 7) is 7.24. The van der Waals surface area contributed by atoms with Gasteiger partial charge in [0.2, 0.25) is 5.91 Å². The van der Waals surface area contributed by atoms with Crippen molar-refractivity contribution in [2.45, 2.75) is 25.7 Å². The van der Waals surface area contributed by atoms with Gasteiger partial charge in [-0.15, -0.1) is 11.8 Å². The van der Waals surface area contributed by atoms with Crippen molar-refractivity contribution in [3.63, 3.8) is 0 Å². The van der Waals surface area contributed by atoms with E-state index in [1.807, 2.05) is 45.2 Å². The van der Waals surface area contributed by atoms with Crippen molar-refractivity contribution in [2.24, 2.45) is 0 Å². The molecule has 5 heteroatoms. The maximum absolute atomic E-state index is 12.5. The highest BCUT2D eigenvalue weighted by molar-refractivity contribution is 7.98. The summed E-state index contributed by atoms with van der Waals surface area (Å²) in [5, 5.41) is 0. The third-order valence-corrected chi connectivity index (χ3v) is 4.24. The Morgan fingerprint density at radius 2 is 1.81 bits per heavy atom. The first-order chi connectivity index (χ1) is 9.94. The predicted molar refractivity (Wildman–Crippen MR) is 87.8 cm³/mol. The Kier molecular flexibility index (Phi) is 6.75. The van der Waals surface area contributed by atoms with Crippen LogP contribution in [0.1, 0.15) is 29.8 Å². The summed E-state index contributed by atoms with van der Waals surface area (Å²) in [5.41, 5.74) is 1.59. The zero-order valence-corrected chi connectivity index (χ0v) is 14.3. The van der Waals surface area contributed by atoms with E-state index in [2.05, 4.69) is 0 Å². The lowest BCUT2D eigenvalue weighted by atomic mass is 10.1. The molecule has 0 unspecified atom stereocenters. The van der Waals surface area contributed by atoms with Gasteiger partial charge in [-0.3, -0.25) is 9.59 Å². The number of likely N-dealkylation sites (N-methyl/N-ethyl adjacent to an activating group) is 2. The highest BCUT2D eigenvalue weighted by Gasteiger charge is 2.19. The molecule has 116 valence electrons. The number of carbonyl (C=O) groups excluding carboxylic acids is 2. The lowest BCUT2D eigenvalue weighted by molar-refractivity contribution is -0.131. The summed E-state index contributed by atoms with van der Waals surface area (Å²) < 4.78 is 0. The maximum atomic E-state index is 12.5. The summed E-state index contributed by atoms with van der Waals surface area (Å²) in [6, 6.07) is 5.83. The first-order valence-electron chi connectivity index (χ1n) is 7.12. The van der Waals surface area contributed by atoms with Crippen LogP contribution in [-0.2, 0) is 4.79 Å². The molecule has 0 aromatic heterocycles. The molecule has 0 saturated carbocycles. The molecule has 1 aromatic rings. The lowest BCUT2D eigenvalue weighted by Crippen LogP contribution is -2.41. The maximum Gasteiger partial charge on any atom is 0.254 e. The van der Waals surface area contributed by atoms with Crippen molar-refractivity contribution in [3.05, 3.63) is 29.3 Å². The molecule has 4 nitrogen and oxygen atoms in total. The Labute approximate surface area is 131 Å². The van der Waals surface area contributed by atoms with Gasteiger partial charge in [-0.1, -0.05) is 6.07 Å². The van der Waals surface area contributed by atoms with Crippen LogP contribution in [0.25, 0.3) is 0 Å². The average molecular weight is 308 g/mol. The van der Waals surface area contributed by atoms with Gasteiger partial charge in [0.1, 0.15) is 0 Å². The molecule has 21 heavy (non-hydrogen) atoms. The Morgan fingerprint density at radius 1 is 1.19 bits per heavy atom. The van der Waals surface area contributed by atoms with Crippen molar-refractivity contribution in [3.8, 4) is 0 Å². The molecular formula is C16H24N2O2S. The highest BCUT2D eigenvalue weighted by Crippen LogP contribution is 2.20. The van der Waals surface area contributed by atoms with Gasteiger partial charge in [-0.05, 0) is 44.7 Å². The molecule has 0 aliphatic heterocycles. The van der Waals surface area contributed by atoms with Crippen molar-refractivity contribution >= 4 is 23.6 Å². The van der Waals surface area contributed by atoms with Gasteiger partial charge in [0.25, 0.3) is 5.91 Å². The molecule has 0 radical (unpaired) electrons. The fourth-order valence-electron chi connectivity index (χ4n) is 2.12. The van der Waals surface area contributed by atoms with E-state index < -0.39 is 0 Å². The zero-order chi connectivity index (χ0) is 16.0. The second-order valence-electron chi connectivity index (χ2n) is 4.91. The number of hydrogen-bond donors (Lipinski definition) is 0. The number of nitrogens with zero attached hydrogens (tertiary/aromatic N) is 2. The summed E-state index contributed by atoms with van der Waals surface area (Å²) in [6.07, 6.45) is 1.98. The van der Waals surface area contributed by atoms with Gasteiger partial charge in [-0.25, -0.2) is 0 Å². The molecule has 0 heterocycles. The molecule has 0 bridgehead atoms. The quantitative estimate of drug-likeness (QED) is 0.759. The summed E-state index contributed by atoms with van der Waals surface area (Å²) >= 11 is 1.60. The monoisotopic (exact) mass is 308 g/mol. The first-order valence-corrected chi connectivity index (χ1v) is 8.34. The van der Waals surface area contributed by atoms with Crippen LogP contribution in [0.15, 0.2) is 23.1 Å². The Bertz CT molecular complexity index is 513. The lowest BCUT2D eigenvalue weighted by Gasteiger charge is -2.23. The van der Waals surface area contributed by atoms with Crippen molar-refractivity contribution in [1.82, 2.24) is 9.80 Å². The van der Waals surface area contributed by atoms with Gasteiger partial charge in [0.15, 0.2) is 0 Å². The highest BCUT2D eigenvalue weighted by atomic mass is 32.2. The number of rotatable bonds is 6. The van der Waals surface area contributed by atoms with Crippen LogP contribution in [0.2, 0.25) is 0 Å². The van der Waals surface area contributed by atoms with Gasteiger partial charge in [0.05, 0.1) is 6.54 Å². The van der Waals surface area contributed by atoms with E-state index >= 15 is 0 Å². The Hall–Kier alpha value is -1.49. The third kappa shape index (κ3) is 4.49. The third-order valence-electron chi connectivity index (χ3n) is 3.51. The molecule has 0 spiro atoms. The molecule has 0 saturated heterocycles. The molecule has 0 atom stereocenters. The van der Waals surface area contributed by atoms with Gasteiger partial charge >= 0.3 is 0 Å². The molecule has 1 rings (SSSR count). The zero-order valence-electron chi connectivity index (χ0n) is 13.5. The molecule has 1 aromatic carbocycles. The van der Waals surface area contributed by atoms with E-state index in [9.17, 15) is 9.59 Å². The second-order valence-corrected chi connectivity index (χ2v) is 5.79. The number of amides is 2. The number of benzene rings is 1. The molecule has 2 amide bonds. The largest absolute Gasteiger partial charge is 0.342 e. The van der Waals surface area contributed by atoms with E-state index in [-0.39, 0.29) is 18.4 Å². The van der Waals surface area contributed by atoms with E-state index in [1.165, 1.54) is 4.90 Å². The molecular weight excluding hydrogens is 284 g/mol. The Morgan fingerprint density at radius 3 is 2.33 bits per heavy atom. The van der Waals surface area contributed by atoms with Crippen LogP contribution in [0.5, 0.6) is 0 Å².